The van der Waals surface area contributed by atoms with E-state index in [0.29, 0.717) is 34.6 Å². The fraction of sp³-hybridized carbons (Fsp3) is 0.333. The van der Waals surface area contributed by atoms with Crippen molar-refractivity contribution >= 4 is 17.8 Å². The van der Waals surface area contributed by atoms with E-state index in [2.05, 4.69) is 20.5 Å². The Morgan fingerprint density at radius 2 is 2.07 bits per heavy atom. The molecule has 0 fully saturated rings. The number of benzene rings is 1. The third-order valence-corrected chi connectivity index (χ3v) is 4.06. The molecule has 1 atom stereocenters. The summed E-state index contributed by atoms with van der Waals surface area (Å²) >= 11 is 0. The second kappa shape index (κ2) is 8.15. The van der Waals surface area contributed by atoms with E-state index in [9.17, 15) is 18.0 Å². The van der Waals surface area contributed by atoms with Crippen LogP contribution in [0.3, 0.4) is 0 Å². The van der Waals surface area contributed by atoms with Gasteiger partial charge in [0.15, 0.2) is 0 Å². The number of aldehydes is 1. The number of nitrogens with one attached hydrogen (secondary N) is 1. The van der Waals surface area contributed by atoms with Crippen molar-refractivity contribution < 1.29 is 18.0 Å². The zero-order valence-electron chi connectivity index (χ0n) is 15.4. The summed E-state index contributed by atoms with van der Waals surface area (Å²) in [5.41, 5.74) is 1.31. The Morgan fingerprint density at radius 1 is 1.37 bits per heavy atom. The van der Waals surface area contributed by atoms with Crippen LogP contribution in [0, 0.1) is 6.92 Å². The molecule has 0 spiro atoms. The second-order valence-electron chi connectivity index (χ2n) is 5.95. The fourth-order valence-electron chi connectivity index (χ4n) is 2.54. The quantitative estimate of drug-likeness (QED) is 0.374. The zero-order chi connectivity index (χ0) is 20.2. The van der Waals surface area contributed by atoms with Gasteiger partial charge in [-0.2, -0.15) is 28.2 Å². The first kappa shape index (κ1) is 20.3. The zero-order valence-corrected chi connectivity index (χ0v) is 15.4. The Hall–Kier alpha value is -2.97. The van der Waals surface area contributed by atoms with Gasteiger partial charge in [0.2, 0.25) is 0 Å². The molecular weight excluding hydrogens is 359 g/mol. The van der Waals surface area contributed by atoms with Crippen molar-refractivity contribution in [2.75, 3.05) is 7.05 Å². The van der Waals surface area contributed by atoms with Crippen LogP contribution in [0.4, 0.5) is 13.2 Å². The number of carbonyl (C=O) groups excluding carboxylic acids is 1. The summed E-state index contributed by atoms with van der Waals surface area (Å²) in [4.78, 5) is 16.2. The van der Waals surface area contributed by atoms with Crippen LogP contribution < -0.4 is 5.32 Å². The minimum absolute atomic E-state index is 0.389. The van der Waals surface area contributed by atoms with Gasteiger partial charge in [0.05, 0.1) is 29.3 Å². The largest absolute Gasteiger partial charge is 0.416 e. The standard InChI is InChI=1S/C18H20F3N5O/c1-11-9-14(18(19,20)21)5-6-15(11)12(2)26-23-10-17(25-26)16(7-8-27)24-13(3)22-4/h5-10,12H,1-4H3,(H,22,24)/b16-7-. The van der Waals surface area contributed by atoms with Crippen LogP contribution in [-0.4, -0.2) is 34.2 Å². The minimum atomic E-state index is -4.39. The first-order chi connectivity index (χ1) is 12.7. The molecule has 0 aliphatic carbocycles. The maximum absolute atomic E-state index is 12.8. The van der Waals surface area contributed by atoms with Crippen molar-refractivity contribution in [3.63, 3.8) is 0 Å². The molecule has 6 nitrogen and oxygen atoms in total. The van der Waals surface area contributed by atoms with E-state index in [1.807, 2.05) is 0 Å². The van der Waals surface area contributed by atoms with Crippen LogP contribution in [0.25, 0.3) is 5.70 Å². The molecule has 1 aromatic carbocycles. The topological polar surface area (TPSA) is 72.2 Å². The number of halogens is 3. The molecule has 1 aromatic heterocycles. The minimum Gasteiger partial charge on any atom is -0.342 e. The predicted octanol–water partition coefficient (Wildman–Crippen LogP) is 3.39. The SMILES string of the molecule is CN=C(C)N/C(=C\C=O)c1cnn(C(C)c2ccc(C(F)(F)F)cc2C)n1. The highest BCUT2D eigenvalue weighted by Crippen LogP contribution is 2.32. The lowest BCUT2D eigenvalue weighted by Gasteiger charge is -2.16. The van der Waals surface area contributed by atoms with Crippen molar-refractivity contribution in [3.8, 4) is 0 Å². The summed E-state index contributed by atoms with van der Waals surface area (Å²) in [7, 11) is 1.60. The van der Waals surface area contributed by atoms with Crippen molar-refractivity contribution in [1.29, 1.82) is 0 Å². The lowest BCUT2D eigenvalue weighted by molar-refractivity contribution is -0.137. The van der Waals surface area contributed by atoms with Gasteiger partial charge in [0, 0.05) is 13.1 Å². The smallest absolute Gasteiger partial charge is 0.342 e. The summed E-state index contributed by atoms with van der Waals surface area (Å²) < 4.78 is 38.5. The van der Waals surface area contributed by atoms with E-state index in [1.54, 1.807) is 27.8 Å². The first-order valence-electron chi connectivity index (χ1n) is 8.13. The molecule has 2 aromatic rings. The van der Waals surface area contributed by atoms with Gasteiger partial charge in [-0.15, -0.1) is 0 Å². The van der Waals surface area contributed by atoms with Crippen molar-refractivity contribution in [2.45, 2.75) is 33.0 Å². The van der Waals surface area contributed by atoms with Crippen LogP contribution in [0.5, 0.6) is 0 Å². The molecule has 0 amide bonds. The molecule has 1 N–H and O–H groups in total. The van der Waals surface area contributed by atoms with E-state index in [1.165, 1.54) is 23.1 Å². The molecule has 0 radical (unpaired) electrons. The second-order valence-corrected chi connectivity index (χ2v) is 5.95. The van der Waals surface area contributed by atoms with Crippen LogP contribution in [0.2, 0.25) is 0 Å². The van der Waals surface area contributed by atoms with Gasteiger partial charge in [-0.05, 0) is 44.0 Å². The average Bonchev–Trinajstić information content (AvgIpc) is 3.09. The van der Waals surface area contributed by atoms with Crippen molar-refractivity contribution in [3.05, 3.63) is 52.9 Å². The molecule has 0 aliphatic heterocycles. The fourth-order valence-corrected chi connectivity index (χ4v) is 2.54. The summed E-state index contributed by atoms with van der Waals surface area (Å²) in [6.07, 6.45) is -0.992. The third-order valence-electron chi connectivity index (χ3n) is 4.06. The van der Waals surface area contributed by atoms with Gasteiger partial charge in [-0.1, -0.05) is 6.07 Å². The maximum atomic E-state index is 12.8. The maximum Gasteiger partial charge on any atom is 0.416 e. The summed E-state index contributed by atoms with van der Waals surface area (Å²) in [5, 5.41) is 11.5. The molecular formula is C18H20F3N5O. The van der Waals surface area contributed by atoms with Crippen LogP contribution >= 0.6 is 0 Å². The molecule has 2 rings (SSSR count). The van der Waals surface area contributed by atoms with Gasteiger partial charge < -0.3 is 5.32 Å². The molecule has 0 saturated heterocycles. The Bertz CT molecular complexity index is 883. The van der Waals surface area contributed by atoms with E-state index < -0.39 is 11.7 Å². The van der Waals surface area contributed by atoms with E-state index in [-0.39, 0.29) is 6.04 Å². The highest BCUT2D eigenvalue weighted by atomic mass is 19.4. The number of rotatable bonds is 5. The number of nitrogens with zero attached hydrogens (tertiary/aromatic N) is 4. The molecule has 1 unspecified atom stereocenters. The first-order valence-corrected chi connectivity index (χ1v) is 8.13. The highest BCUT2D eigenvalue weighted by molar-refractivity contribution is 5.91. The number of hydrogen-bond acceptors (Lipinski definition) is 4. The summed E-state index contributed by atoms with van der Waals surface area (Å²) in [6.45, 7) is 5.14. The van der Waals surface area contributed by atoms with E-state index in [0.717, 1.165) is 12.1 Å². The number of aromatic nitrogens is 3. The van der Waals surface area contributed by atoms with Gasteiger partial charge in [-0.25, -0.2) is 0 Å². The number of hydrogen-bond donors (Lipinski definition) is 1. The van der Waals surface area contributed by atoms with E-state index in [4.69, 9.17) is 0 Å². The molecule has 0 saturated carbocycles. The molecule has 27 heavy (non-hydrogen) atoms. The number of alkyl halides is 3. The van der Waals surface area contributed by atoms with Gasteiger partial charge in [0.1, 0.15) is 12.0 Å². The number of allylic oxidation sites excluding steroid dienone is 1. The predicted molar refractivity (Wildman–Crippen MR) is 96.2 cm³/mol. The lowest BCUT2D eigenvalue weighted by Crippen LogP contribution is -2.19. The van der Waals surface area contributed by atoms with Crippen molar-refractivity contribution in [1.82, 2.24) is 20.3 Å². The Balaban J connectivity index is 2.32. The number of aliphatic imine (C=N–C) groups is 1. The van der Waals surface area contributed by atoms with Gasteiger partial charge in [0.25, 0.3) is 0 Å². The van der Waals surface area contributed by atoms with Crippen molar-refractivity contribution in [2.24, 2.45) is 4.99 Å². The monoisotopic (exact) mass is 379 g/mol. The number of carbonyl (C=O) groups is 1. The average molecular weight is 379 g/mol. The molecule has 0 aliphatic rings. The van der Waals surface area contributed by atoms with Crippen LogP contribution in [0.1, 0.15) is 42.3 Å². The molecule has 9 heteroatoms. The Morgan fingerprint density at radius 3 is 2.63 bits per heavy atom. The molecule has 1 heterocycles. The number of aryl methyl sites for hydroxylation is 1. The van der Waals surface area contributed by atoms with Gasteiger partial charge in [-0.3, -0.25) is 9.79 Å². The Kier molecular flexibility index (Phi) is 6.14. The van der Waals surface area contributed by atoms with Crippen LogP contribution in [-0.2, 0) is 11.0 Å². The lowest BCUT2D eigenvalue weighted by atomic mass is 10.00. The molecule has 144 valence electrons. The molecule has 0 bridgehead atoms. The summed E-state index contributed by atoms with van der Waals surface area (Å²) in [6, 6.07) is 3.19. The van der Waals surface area contributed by atoms with Gasteiger partial charge >= 0.3 is 6.18 Å². The third kappa shape index (κ3) is 4.81. The normalized spacial score (nSPS) is 14.2. The highest BCUT2D eigenvalue weighted by Gasteiger charge is 2.31. The number of amidine groups is 1. The Labute approximate surface area is 154 Å². The van der Waals surface area contributed by atoms with E-state index >= 15 is 0 Å². The summed E-state index contributed by atoms with van der Waals surface area (Å²) in [5.74, 6) is 0.587. The van der Waals surface area contributed by atoms with Crippen LogP contribution in [0.15, 0.2) is 35.5 Å².